The maximum atomic E-state index is 13.1. The lowest BCUT2D eigenvalue weighted by Crippen LogP contribution is -2.16. The summed E-state index contributed by atoms with van der Waals surface area (Å²) >= 11 is 0. The summed E-state index contributed by atoms with van der Waals surface area (Å²) in [7, 11) is 1.90. The van der Waals surface area contributed by atoms with Gasteiger partial charge in [-0.25, -0.2) is 4.39 Å². The first-order valence-corrected chi connectivity index (χ1v) is 5.99. The molecule has 0 aliphatic rings. The highest BCUT2D eigenvalue weighted by Gasteiger charge is 2.05. The molecule has 0 aliphatic heterocycles. The van der Waals surface area contributed by atoms with E-state index in [9.17, 15) is 9.18 Å². The second-order valence-electron chi connectivity index (χ2n) is 4.44. The van der Waals surface area contributed by atoms with Crippen LogP contribution in [0.5, 0.6) is 0 Å². The van der Waals surface area contributed by atoms with Gasteiger partial charge in [-0.2, -0.15) is 0 Å². The topological polar surface area (TPSA) is 33.2 Å². The molecule has 0 fully saturated rings. The number of Topliss-reactive ketones (excluding diaryl/α,β-unsaturated/α-hetero) is 1. The summed E-state index contributed by atoms with van der Waals surface area (Å²) in [5.74, 6) is -0.296. The number of aromatic nitrogens is 1. The summed E-state index contributed by atoms with van der Waals surface area (Å²) in [6, 6.07) is 10.0. The fraction of sp³-hybridized carbons (Fsp3) is 0.200. The van der Waals surface area contributed by atoms with Gasteiger partial charge in [-0.1, -0.05) is 12.1 Å². The first kappa shape index (κ1) is 13.2. The van der Waals surface area contributed by atoms with Crippen LogP contribution in [0.1, 0.15) is 23.0 Å². The Morgan fingerprint density at radius 3 is 2.68 bits per heavy atom. The molecular weight excluding hydrogens is 243 g/mol. The zero-order valence-corrected chi connectivity index (χ0v) is 10.9. The monoisotopic (exact) mass is 258 g/mol. The molecule has 0 aliphatic carbocycles. The molecule has 2 rings (SSSR count). The molecule has 19 heavy (non-hydrogen) atoms. The van der Waals surface area contributed by atoms with Gasteiger partial charge in [0, 0.05) is 20.5 Å². The van der Waals surface area contributed by atoms with Gasteiger partial charge in [0.25, 0.3) is 0 Å². The number of halogens is 1. The second-order valence-corrected chi connectivity index (χ2v) is 4.44. The van der Waals surface area contributed by atoms with Crippen molar-refractivity contribution < 1.29 is 9.18 Å². The molecule has 0 saturated heterocycles. The summed E-state index contributed by atoms with van der Waals surface area (Å²) in [5.41, 5.74) is 2.22. The molecule has 1 heterocycles. The highest BCUT2D eigenvalue weighted by atomic mass is 19.1. The lowest BCUT2D eigenvalue weighted by molar-refractivity contribution is 0.101. The van der Waals surface area contributed by atoms with E-state index in [1.54, 1.807) is 18.3 Å². The van der Waals surface area contributed by atoms with Crippen LogP contribution in [0, 0.1) is 5.82 Å². The Morgan fingerprint density at radius 1 is 1.32 bits per heavy atom. The van der Waals surface area contributed by atoms with Gasteiger partial charge in [-0.15, -0.1) is 0 Å². The van der Waals surface area contributed by atoms with Crippen LogP contribution in [0.15, 0.2) is 42.6 Å². The molecule has 98 valence electrons. The maximum absolute atomic E-state index is 13.1. The molecule has 0 radical (unpaired) electrons. The predicted molar refractivity (Wildman–Crippen MR) is 72.7 cm³/mol. The minimum atomic E-state index is -0.240. The highest BCUT2D eigenvalue weighted by molar-refractivity contribution is 5.92. The third-order valence-corrected chi connectivity index (χ3v) is 2.86. The number of ketones is 1. The maximum Gasteiger partial charge on any atom is 0.178 e. The number of carbonyl (C=O) groups is 1. The lowest BCUT2D eigenvalue weighted by atomic mass is 10.2. The van der Waals surface area contributed by atoms with Crippen molar-refractivity contribution in [3.8, 4) is 0 Å². The molecule has 0 N–H and O–H groups in total. The van der Waals surface area contributed by atoms with Gasteiger partial charge in [0.05, 0.1) is 11.9 Å². The smallest absolute Gasteiger partial charge is 0.178 e. The average molecular weight is 258 g/mol. The normalized spacial score (nSPS) is 10.3. The Morgan fingerprint density at radius 2 is 2.11 bits per heavy atom. The van der Waals surface area contributed by atoms with Crippen molar-refractivity contribution >= 4 is 11.5 Å². The number of pyridine rings is 1. The molecule has 0 bridgehead atoms. The molecule has 2 aromatic rings. The molecule has 0 unspecified atom stereocenters. The van der Waals surface area contributed by atoms with E-state index in [2.05, 4.69) is 4.98 Å². The summed E-state index contributed by atoms with van der Waals surface area (Å²) < 4.78 is 13.1. The Hall–Kier alpha value is -2.23. The highest BCUT2D eigenvalue weighted by Crippen LogP contribution is 2.15. The summed E-state index contributed by atoms with van der Waals surface area (Å²) in [6.07, 6.45) is 1.65. The van der Waals surface area contributed by atoms with Crippen molar-refractivity contribution in [3.05, 3.63) is 59.7 Å². The van der Waals surface area contributed by atoms with E-state index in [1.807, 2.05) is 24.1 Å². The molecule has 0 atom stereocenters. The number of carbonyl (C=O) groups excluding carboxylic acids is 1. The Labute approximate surface area is 111 Å². The van der Waals surface area contributed by atoms with Crippen LogP contribution >= 0.6 is 0 Å². The fourth-order valence-corrected chi connectivity index (χ4v) is 1.82. The molecule has 4 heteroatoms. The largest absolute Gasteiger partial charge is 0.369 e. The molecule has 0 spiro atoms. The van der Waals surface area contributed by atoms with Gasteiger partial charge in [0.2, 0.25) is 0 Å². The Balaban J connectivity index is 2.11. The average Bonchev–Trinajstić information content (AvgIpc) is 2.39. The van der Waals surface area contributed by atoms with Crippen LogP contribution in [0.4, 0.5) is 10.1 Å². The summed E-state index contributed by atoms with van der Waals surface area (Å²) in [5, 5.41) is 0. The van der Waals surface area contributed by atoms with E-state index in [-0.39, 0.29) is 11.6 Å². The third kappa shape index (κ3) is 3.37. The van der Waals surface area contributed by atoms with Gasteiger partial charge < -0.3 is 4.90 Å². The molecule has 0 amide bonds. The first-order valence-electron chi connectivity index (χ1n) is 5.99. The second kappa shape index (κ2) is 5.61. The molecular formula is C15H15FN2O. The van der Waals surface area contributed by atoms with E-state index >= 15 is 0 Å². The van der Waals surface area contributed by atoms with Crippen LogP contribution in [0.25, 0.3) is 0 Å². The van der Waals surface area contributed by atoms with Gasteiger partial charge in [0.1, 0.15) is 11.5 Å². The Bertz CT molecular complexity index is 581. The van der Waals surface area contributed by atoms with Crippen LogP contribution in [-0.4, -0.2) is 17.8 Å². The van der Waals surface area contributed by atoms with E-state index < -0.39 is 0 Å². The number of nitrogens with zero attached hydrogens (tertiary/aromatic N) is 2. The van der Waals surface area contributed by atoms with Crippen LogP contribution < -0.4 is 4.90 Å². The molecule has 1 aromatic carbocycles. The quantitative estimate of drug-likeness (QED) is 0.790. The number of hydrogen-bond acceptors (Lipinski definition) is 3. The van der Waals surface area contributed by atoms with Crippen molar-refractivity contribution in [1.82, 2.24) is 4.98 Å². The van der Waals surface area contributed by atoms with Gasteiger partial charge in [-0.3, -0.25) is 9.78 Å². The minimum Gasteiger partial charge on any atom is -0.369 e. The van der Waals surface area contributed by atoms with Crippen molar-refractivity contribution in [2.24, 2.45) is 0 Å². The SMILES string of the molecule is CC(=O)c1ccc(N(C)Cc2cccc(F)c2)cn1. The van der Waals surface area contributed by atoms with Gasteiger partial charge in [0.15, 0.2) is 5.78 Å². The van der Waals surface area contributed by atoms with Gasteiger partial charge in [-0.05, 0) is 29.8 Å². The molecule has 0 saturated carbocycles. The van der Waals surface area contributed by atoms with E-state index in [4.69, 9.17) is 0 Å². The summed E-state index contributed by atoms with van der Waals surface area (Å²) in [6.45, 7) is 2.07. The van der Waals surface area contributed by atoms with Crippen molar-refractivity contribution in [3.63, 3.8) is 0 Å². The minimum absolute atomic E-state index is 0.0562. The zero-order chi connectivity index (χ0) is 13.8. The van der Waals surface area contributed by atoms with Crippen LogP contribution in [0.3, 0.4) is 0 Å². The zero-order valence-electron chi connectivity index (χ0n) is 10.9. The third-order valence-electron chi connectivity index (χ3n) is 2.86. The summed E-state index contributed by atoms with van der Waals surface area (Å²) in [4.78, 5) is 17.2. The van der Waals surface area contributed by atoms with Crippen LogP contribution in [0.2, 0.25) is 0 Å². The molecule has 1 aromatic heterocycles. The first-order chi connectivity index (χ1) is 9.06. The van der Waals surface area contributed by atoms with E-state index in [0.29, 0.717) is 12.2 Å². The van der Waals surface area contributed by atoms with E-state index in [0.717, 1.165) is 11.3 Å². The standard InChI is InChI=1S/C15H15FN2O/c1-11(19)15-7-6-14(9-17-15)18(2)10-12-4-3-5-13(16)8-12/h3-9H,10H2,1-2H3. The van der Waals surface area contributed by atoms with E-state index in [1.165, 1.54) is 19.1 Å². The number of rotatable bonds is 4. The fourth-order valence-electron chi connectivity index (χ4n) is 1.82. The van der Waals surface area contributed by atoms with Crippen molar-refractivity contribution in [1.29, 1.82) is 0 Å². The number of benzene rings is 1. The lowest BCUT2D eigenvalue weighted by Gasteiger charge is -2.19. The van der Waals surface area contributed by atoms with Gasteiger partial charge >= 0.3 is 0 Å². The van der Waals surface area contributed by atoms with Crippen LogP contribution in [-0.2, 0) is 6.54 Å². The van der Waals surface area contributed by atoms with Crippen molar-refractivity contribution in [2.75, 3.05) is 11.9 Å². The van der Waals surface area contributed by atoms with Crippen molar-refractivity contribution in [2.45, 2.75) is 13.5 Å². The number of hydrogen-bond donors (Lipinski definition) is 0. The molecule has 3 nitrogen and oxygen atoms in total. The predicted octanol–water partition coefficient (Wildman–Crippen LogP) is 3.06. The number of anilines is 1. The Kier molecular flexibility index (Phi) is 3.90.